The predicted octanol–water partition coefficient (Wildman–Crippen LogP) is 5.29. The largest absolute Gasteiger partial charge is 0.469 e. The number of para-hydroxylation sites is 1. The van der Waals surface area contributed by atoms with Gasteiger partial charge in [0.2, 0.25) is 0 Å². The van der Waals surface area contributed by atoms with Crippen LogP contribution in [0.3, 0.4) is 0 Å². The maximum Gasteiger partial charge on any atom is 0.305 e. The van der Waals surface area contributed by atoms with Gasteiger partial charge in [0.25, 0.3) is 5.56 Å². The molecule has 1 atom stereocenters. The minimum Gasteiger partial charge on any atom is -0.469 e. The summed E-state index contributed by atoms with van der Waals surface area (Å²) < 4.78 is 8.32. The van der Waals surface area contributed by atoms with Crippen molar-refractivity contribution in [1.82, 2.24) is 28.8 Å². The fourth-order valence-corrected chi connectivity index (χ4v) is 5.70. The summed E-state index contributed by atoms with van der Waals surface area (Å²) in [5.74, 6) is 1.01. The number of esters is 1. The molecule has 0 fully saturated rings. The molecule has 5 aromatic rings. The Morgan fingerprint density at radius 3 is 2.63 bits per heavy atom. The van der Waals surface area contributed by atoms with Crippen molar-refractivity contribution in [3.05, 3.63) is 77.4 Å². The van der Waals surface area contributed by atoms with E-state index in [4.69, 9.17) is 10.7 Å². The van der Waals surface area contributed by atoms with Crippen molar-refractivity contribution in [3.8, 4) is 5.69 Å². The number of hydrogen-bond acceptors (Lipinski definition) is 9. The summed E-state index contributed by atoms with van der Waals surface area (Å²) in [5, 5.41) is 3.93. The first kappa shape index (κ1) is 30.3. The fourth-order valence-electron chi connectivity index (χ4n) is 4.29. The zero-order valence-corrected chi connectivity index (χ0v) is 26.0. The van der Waals surface area contributed by atoms with Crippen molar-refractivity contribution in [2.24, 2.45) is 0 Å². The van der Waals surface area contributed by atoms with Crippen molar-refractivity contribution in [3.63, 3.8) is 0 Å². The summed E-state index contributed by atoms with van der Waals surface area (Å²) in [6.07, 6.45) is 7.33. The maximum atomic E-state index is 13.5. The van der Waals surface area contributed by atoms with Crippen molar-refractivity contribution < 1.29 is 9.53 Å². The highest BCUT2D eigenvalue weighted by molar-refractivity contribution is 14.2. The van der Waals surface area contributed by atoms with Crippen molar-refractivity contribution >= 4 is 68.0 Å². The Labute approximate surface area is 252 Å². The van der Waals surface area contributed by atoms with Crippen molar-refractivity contribution in [2.45, 2.75) is 39.0 Å². The number of nitrogens with zero attached hydrogens (tertiary/aromatic N) is 6. The number of benzene rings is 2. The van der Waals surface area contributed by atoms with E-state index in [1.165, 1.54) is 13.4 Å². The molecule has 41 heavy (non-hydrogen) atoms. The summed E-state index contributed by atoms with van der Waals surface area (Å²) >= 11 is 2.26. The van der Waals surface area contributed by atoms with Crippen LogP contribution < -0.4 is 16.6 Å². The van der Waals surface area contributed by atoms with Crippen molar-refractivity contribution in [2.75, 3.05) is 24.7 Å². The third kappa shape index (κ3) is 7.36. The van der Waals surface area contributed by atoms with Gasteiger partial charge in [-0.05, 0) is 65.6 Å². The number of imidazole rings is 1. The SMILES string of the molecule is CCCc1nc2cccc(NCCCCC(=O)OC)c2c(=O)n1-c1ccccc1.Nc1ncnc2c1ncn2PI. The van der Waals surface area contributed by atoms with E-state index in [2.05, 4.69) is 54.0 Å². The van der Waals surface area contributed by atoms with Gasteiger partial charge >= 0.3 is 5.97 Å². The van der Waals surface area contributed by atoms with Gasteiger partial charge < -0.3 is 15.8 Å². The Hall–Kier alpha value is -3.64. The zero-order valence-electron chi connectivity index (χ0n) is 22.9. The number of nitrogens with two attached hydrogens (primary N) is 1. The molecule has 0 aliphatic carbocycles. The number of nitrogens with one attached hydrogen (secondary N) is 1. The molecule has 0 saturated carbocycles. The number of hydrogen-bond donors (Lipinski definition) is 2. The van der Waals surface area contributed by atoms with Crippen LogP contribution in [-0.2, 0) is 16.0 Å². The van der Waals surface area contributed by atoms with Gasteiger partial charge in [0.15, 0.2) is 17.0 Å². The van der Waals surface area contributed by atoms with E-state index < -0.39 is 0 Å². The number of aryl methyl sites for hydroxylation is 1. The predicted molar refractivity (Wildman–Crippen MR) is 173 cm³/mol. The molecule has 1 unspecified atom stereocenters. The second-order valence-corrected chi connectivity index (χ2v) is 11.1. The first-order chi connectivity index (χ1) is 20.0. The van der Waals surface area contributed by atoms with Crippen LogP contribution in [0, 0.1) is 0 Å². The second-order valence-electron chi connectivity index (χ2n) is 9.04. The lowest BCUT2D eigenvalue weighted by Gasteiger charge is -2.15. The van der Waals surface area contributed by atoms with E-state index in [-0.39, 0.29) is 11.5 Å². The molecule has 11 nitrogen and oxygen atoms in total. The van der Waals surface area contributed by atoms with Crippen molar-refractivity contribution in [1.29, 1.82) is 0 Å². The number of carbonyl (C=O) groups is 1. The van der Waals surface area contributed by atoms with Gasteiger partial charge in [-0.3, -0.25) is 18.5 Å². The highest BCUT2D eigenvalue weighted by Gasteiger charge is 2.15. The Kier molecular flexibility index (Phi) is 11.0. The molecule has 0 bridgehead atoms. The first-order valence-electron chi connectivity index (χ1n) is 13.2. The fraction of sp³-hybridized carbons (Fsp3) is 0.286. The molecule has 13 heteroatoms. The van der Waals surface area contributed by atoms with Crippen LogP contribution >= 0.6 is 28.4 Å². The summed E-state index contributed by atoms with van der Waals surface area (Å²) in [6, 6.07) is 15.3. The molecule has 3 aromatic heterocycles. The number of carbonyl (C=O) groups excluding carboxylic acids is 1. The zero-order chi connectivity index (χ0) is 29.2. The second kappa shape index (κ2) is 14.8. The number of aromatic nitrogens is 6. The maximum absolute atomic E-state index is 13.5. The molecule has 0 aliphatic rings. The molecule has 214 valence electrons. The van der Waals surface area contributed by atoms with Gasteiger partial charge in [0.05, 0.1) is 30.1 Å². The Balaban J connectivity index is 0.000000267. The highest BCUT2D eigenvalue weighted by Crippen LogP contribution is 2.28. The van der Waals surface area contributed by atoms with Crippen LogP contribution in [0.15, 0.2) is 66.0 Å². The Morgan fingerprint density at radius 1 is 1.10 bits per heavy atom. The minimum absolute atomic E-state index is 0.0673. The number of nitrogen functional groups attached to an aromatic ring is 1. The molecule has 0 spiro atoms. The number of ether oxygens (including phenoxy) is 1. The van der Waals surface area contributed by atoms with E-state index in [9.17, 15) is 9.59 Å². The van der Waals surface area contributed by atoms with Gasteiger partial charge in [-0.15, -0.1) is 0 Å². The lowest BCUT2D eigenvalue weighted by atomic mass is 10.1. The minimum atomic E-state index is -0.200. The standard InChI is InChI=1S/C23H27N3O3.C5H5IN5P/c1-3-10-20-25-19-14-9-13-18(24-16-8-7-15-21(27)29-2)22(19)23(28)26(20)17-11-5-4-6-12-17;6-12-11-2-10-3-4(7)8-1-9-5(3)11/h4-6,9,11-14,24H,3,7-8,10,15-16H2,1-2H3;1-2,12H,(H2,7,8,9). The van der Waals surface area contributed by atoms with E-state index in [1.54, 1.807) is 10.9 Å². The molecular weight excluding hydrogens is 654 g/mol. The lowest BCUT2D eigenvalue weighted by molar-refractivity contribution is -0.140. The molecule has 3 N–H and O–H groups in total. The number of rotatable bonds is 10. The summed E-state index contributed by atoms with van der Waals surface area (Å²) in [6.45, 7) is 2.75. The van der Waals surface area contributed by atoms with Crippen LogP contribution in [0.1, 0.15) is 38.4 Å². The smallest absolute Gasteiger partial charge is 0.305 e. The topological polar surface area (TPSA) is 143 Å². The number of halogens is 1. The average molecular weight is 686 g/mol. The average Bonchev–Trinajstić information content (AvgIpc) is 3.42. The lowest BCUT2D eigenvalue weighted by Crippen LogP contribution is -2.24. The van der Waals surface area contributed by atoms with Gasteiger partial charge in [-0.25, -0.2) is 19.9 Å². The number of fused-ring (bicyclic) bond motifs is 2. The molecule has 0 radical (unpaired) electrons. The van der Waals surface area contributed by atoms with Crippen LogP contribution in [0.4, 0.5) is 11.5 Å². The third-order valence-electron chi connectivity index (χ3n) is 6.26. The third-order valence-corrected chi connectivity index (χ3v) is 8.33. The van der Waals surface area contributed by atoms with Crippen LogP contribution in [0.5, 0.6) is 0 Å². The molecule has 0 saturated heterocycles. The van der Waals surface area contributed by atoms with E-state index in [0.29, 0.717) is 41.6 Å². The molecule has 0 aliphatic heterocycles. The van der Waals surface area contributed by atoms with Gasteiger partial charge in [0.1, 0.15) is 18.5 Å². The molecule has 5 rings (SSSR count). The van der Waals surface area contributed by atoms with E-state index in [0.717, 1.165) is 48.5 Å². The van der Waals surface area contributed by atoms with Gasteiger partial charge in [-0.1, -0.05) is 31.2 Å². The summed E-state index contributed by atoms with van der Waals surface area (Å²) in [4.78, 5) is 41.5. The summed E-state index contributed by atoms with van der Waals surface area (Å²) in [7, 11) is 1.40. The van der Waals surface area contributed by atoms with Crippen LogP contribution in [0.25, 0.3) is 27.8 Å². The normalized spacial score (nSPS) is 11.1. The molecule has 0 amide bonds. The monoisotopic (exact) mass is 686 g/mol. The molecule has 3 heterocycles. The first-order valence-corrected chi connectivity index (χ1v) is 17.3. The quantitative estimate of drug-likeness (QED) is 0.0867. The molecular formula is C28H32IN8O3P. The van der Waals surface area contributed by atoms with E-state index >= 15 is 0 Å². The highest BCUT2D eigenvalue weighted by atomic mass is 127. The van der Waals surface area contributed by atoms with Crippen LogP contribution in [0.2, 0.25) is 0 Å². The van der Waals surface area contributed by atoms with Gasteiger partial charge in [-0.2, -0.15) is 0 Å². The van der Waals surface area contributed by atoms with Gasteiger partial charge in [0, 0.05) is 25.1 Å². The summed E-state index contributed by atoms with van der Waals surface area (Å²) in [5.41, 5.74) is 9.30. The Bertz CT molecular complexity index is 1680. The number of methoxy groups -OCH3 is 1. The number of unbranched alkanes of at least 4 members (excludes halogenated alkanes) is 1. The number of anilines is 2. The molecule has 2 aromatic carbocycles. The van der Waals surface area contributed by atoms with Crippen LogP contribution in [-0.4, -0.2) is 48.5 Å². The Morgan fingerprint density at radius 2 is 1.90 bits per heavy atom. The van der Waals surface area contributed by atoms with E-state index in [1.807, 2.05) is 52.9 Å².